The summed E-state index contributed by atoms with van der Waals surface area (Å²) in [7, 11) is 9.65. The number of aromatic nitrogens is 1. The molecule has 1 aliphatic heterocycles. The third-order valence-electron chi connectivity index (χ3n) is 8.39. The first-order chi connectivity index (χ1) is 24.7. The van der Waals surface area contributed by atoms with Crippen molar-refractivity contribution in [1.29, 1.82) is 0 Å². The fourth-order valence-corrected chi connectivity index (χ4v) is 6.10. The van der Waals surface area contributed by atoms with Crippen molar-refractivity contribution in [1.82, 2.24) is 4.98 Å². The number of nitrogens with zero attached hydrogens (tertiary/aromatic N) is 2. The Labute approximate surface area is 310 Å². The van der Waals surface area contributed by atoms with Crippen LogP contribution in [0.2, 0.25) is 0 Å². The van der Waals surface area contributed by atoms with Crippen LogP contribution in [-0.4, -0.2) is 24.0 Å². The minimum atomic E-state index is -0.433. The predicted octanol–water partition coefficient (Wildman–Crippen LogP) is 11.1. The van der Waals surface area contributed by atoms with Gasteiger partial charge in [0.1, 0.15) is 0 Å². The number of hydrogen-bond acceptors (Lipinski definition) is 3. The SMILES string of the molecule is C1CCOC1.O=C(C1=CC=C/C1=C(/[N-]Cc1ccccn1)C(c1ccccc1)c1ccccc1)C(c1ccccc1)c1ccccc1.[Cl][Cr+][Cl]. The topological polar surface area (TPSA) is 53.3 Å². The number of ether oxygens (including phenoxy) is 1. The maximum atomic E-state index is 14.6. The van der Waals surface area contributed by atoms with Crippen molar-refractivity contribution in [2.45, 2.75) is 31.2 Å². The van der Waals surface area contributed by atoms with Gasteiger partial charge in [-0.3, -0.25) is 9.78 Å². The van der Waals surface area contributed by atoms with Crippen molar-refractivity contribution in [2.75, 3.05) is 13.2 Å². The molecule has 0 saturated carbocycles. The Morgan fingerprint density at radius 2 is 1.14 bits per heavy atom. The maximum absolute atomic E-state index is 14.6. The van der Waals surface area contributed by atoms with E-state index in [2.05, 4.69) is 53.5 Å². The predicted molar refractivity (Wildman–Crippen MR) is 202 cm³/mol. The normalized spacial score (nSPS) is 14.2. The summed E-state index contributed by atoms with van der Waals surface area (Å²) in [4.78, 5) is 19.2. The van der Waals surface area contributed by atoms with Crippen LogP contribution in [-0.2, 0) is 29.5 Å². The average Bonchev–Trinajstić information content (AvgIpc) is 3.93. The molecule has 2 aliphatic rings. The van der Waals surface area contributed by atoms with Gasteiger partial charge in [0.2, 0.25) is 0 Å². The van der Waals surface area contributed by atoms with Crippen molar-refractivity contribution in [2.24, 2.45) is 0 Å². The molecule has 0 radical (unpaired) electrons. The number of benzene rings is 4. The van der Waals surface area contributed by atoms with Gasteiger partial charge < -0.3 is 10.1 Å². The third-order valence-corrected chi connectivity index (χ3v) is 8.39. The van der Waals surface area contributed by atoms with E-state index in [1.807, 2.05) is 109 Å². The first kappa shape index (κ1) is 37.1. The number of halogens is 2. The Balaban J connectivity index is 0.000000543. The Bertz CT molecular complexity index is 1740. The molecule has 0 N–H and O–H groups in total. The van der Waals surface area contributed by atoms with Crippen molar-refractivity contribution in [3.05, 3.63) is 214 Å². The van der Waals surface area contributed by atoms with Crippen LogP contribution in [0.15, 0.2) is 181 Å². The van der Waals surface area contributed by atoms with Gasteiger partial charge in [-0.1, -0.05) is 152 Å². The monoisotopic (exact) mass is 737 g/mol. The molecular weight excluding hydrogens is 699 g/mol. The molecule has 1 aromatic heterocycles. The van der Waals surface area contributed by atoms with Crippen LogP contribution in [0.4, 0.5) is 0 Å². The zero-order valence-corrected chi connectivity index (χ0v) is 30.4. The summed E-state index contributed by atoms with van der Waals surface area (Å²) < 4.78 is 4.94. The van der Waals surface area contributed by atoms with Crippen LogP contribution in [0.5, 0.6) is 0 Å². The molecule has 0 amide bonds. The molecule has 0 bridgehead atoms. The van der Waals surface area contributed by atoms with Crippen LogP contribution in [0.25, 0.3) is 5.32 Å². The van der Waals surface area contributed by atoms with Gasteiger partial charge in [-0.25, -0.2) is 0 Å². The van der Waals surface area contributed by atoms with Crippen molar-refractivity contribution >= 4 is 25.9 Å². The minimum absolute atomic E-state index is 0.0535. The number of carbonyl (C=O) groups is 1. The summed E-state index contributed by atoms with van der Waals surface area (Å²) in [5.41, 5.74) is 7.42. The molecule has 1 fully saturated rings. The van der Waals surface area contributed by atoms with E-state index in [1.54, 1.807) is 6.20 Å². The Morgan fingerprint density at radius 1 is 0.680 bits per heavy atom. The molecular formula is C43H39Cl2CrN2O2. The van der Waals surface area contributed by atoms with E-state index >= 15 is 0 Å². The molecule has 7 rings (SSSR count). The quantitative estimate of drug-likeness (QED) is 0.143. The summed E-state index contributed by atoms with van der Waals surface area (Å²) in [5.74, 6) is -0.549. The molecule has 7 heteroatoms. The van der Waals surface area contributed by atoms with E-state index in [0.717, 1.165) is 52.4 Å². The second kappa shape index (κ2) is 20.5. The van der Waals surface area contributed by atoms with Gasteiger partial charge in [0.05, 0.1) is 5.92 Å². The molecule has 253 valence electrons. The van der Waals surface area contributed by atoms with E-state index < -0.39 is 5.92 Å². The van der Waals surface area contributed by atoms with Crippen molar-refractivity contribution in [3.63, 3.8) is 0 Å². The van der Waals surface area contributed by atoms with Gasteiger partial charge in [0.25, 0.3) is 0 Å². The molecule has 50 heavy (non-hydrogen) atoms. The number of Topliss-reactive ketones (excluding diaryl/α,β-unsaturated/α-hetero) is 1. The summed E-state index contributed by atoms with van der Waals surface area (Å²) >= 11 is -0.181. The summed E-state index contributed by atoms with van der Waals surface area (Å²) in [6.07, 6.45) is 10.3. The third kappa shape index (κ3) is 10.4. The van der Waals surface area contributed by atoms with Crippen LogP contribution in [0.3, 0.4) is 0 Å². The Hall–Kier alpha value is -4.21. The van der Waals surface area contributed by atoms with Gasteiger partial charge in [0.15, 0.2) is 5.78 Å². The zero-order valence-electron chi connectivity index (χ0n) is 27.7. The van der Waals surface area contributed by atoms with Crippen molar-refractivity contribution < 1.29 is 22.9 Å². The second-order valence-electron chi connectivity index (χ2n) is 11.6. The van der Waals surface area contributed by atoms with Gasteiger partial charge >= 0.3 is 33.5 Å². The van der Waals surface area contributed by atoms with Gasteiger partial charge in [-0.2, -0.15) is 0 Å². The second-order valence-corrected chi connectivity index (χ2v) is 13.7. The molecule has 1 saturated heterocycles. The molecule has 0 atom stereocenters. The van der Waals surface area contributed by atoms with Gasteiger partial charge in [-0.05, 0) is 52.8 Å². The molecule has 1 aliphatic carbocycles. The van der Waals surface area contributed by atoms with E-state index in [0.29, 0.717) is 12.1 Å². The standard InChI is InChI=1S/C39H32N2O.C4H8O.2ClH.Cr/c42-39(37(31-20-9-3-10-21-31)32-22-11-4-12-23-32)35-26-15-25-34(35)38(41-28-33-24-13-14-27-40-33)36(29-16-5-1-6-17-29)30-18-7-2-8-19-30;1-2-4-5-3-1;;;/h1-27,36-37H,28H2,(H,41,42);1-4H2;2*1H;/q;;;;+3/p-3. The molecule has 0 unspecified atom stereocenters. The van der Waals surface area contributed by atoms with Crippen LogP contribution in [0, 0.1) is 0 Å². The molecule has 4 aromatic carbocycles. The van der Waals surface area contributed by atoms with Crippen LogP contribution >= 0.6 is 20.1 Å². The molecule has 5 aromatic rings. The van der Waals surface area contributed by atoms with Gasteiger partial charge in [-0.15, -0.1) is 5.70 Å². The number of allylic oxidation sites excluding steroid dienone is 6. The molecule has 4 nitrogen and oxygen atoms in total. The van der Waals surface area contributed by atoms with E-state index in [-0.39, 0.29) is 25.1 Å². The van der Waals surface area contributed by atoms with E-state index in [9.17, 15) is 4.79 Å². The van der Waals surface area contributed by atoms with Crippen LogP contribution < -0.4 is 0 Å². The van der Waals surface area contributed by atoms with Crippen LogP contribution in [0.1, 0.15) is 52.6 Å². The number of ketones is 1. The average molecular weight is 739 g/mol. The molecule has 0 spiro atoms. The van der Waals surface area contributed by atoms with E-state index in [4.69, 9.17) is 30.2 Å². The summed E-state index contributed by atoms with van der Waals surface area (Å²) in [6.45, 7) is 2.41. The van der Waals surface area contributed by atoms with E-state index in [1.165, 1.54) is 12.8 Å². The Kier molecular flexibility index (Phi) is 15.2. The van der Waals surface area contributed by atoms with Crippen molar-refractivity contribution in [3.8, 4) is 0 Å². The Morgan fingerprint density at radius 3 is 1.56 bits per heavy atom. The number of pyridine rings is 1. The first-order valence-electron chi connectivity index (χ1n) is 16.6. The first-order valence-corrected chi connectivity index (χ1v) is 20.1. The number of hydrogen-bond donors (Lipinski definition) is 0. The fraction of sp³-hybridized carbons (Fsp3) is 0.163. The van der Waals surface area contributed by atoms with Gasteiger partial charge in [0, 0.05) is 36.6 Å². The molecule has 2 heterocycles. The summed E-state index contributed by atoms with van der Waals surface area (Å²) in [5, 5.41) is 5.24. The zero-order chi connectivity index (χ0) is 34.8. The fourth-order valence-electron chi connectivity index (χ4n) is 6.10. The summed E-state index contributed by atoms with van der Waals surface area (Å²) in [6, 6.07) is 46.7. The number of rotatable bonds is 10. The number of carbonyl (C=O) groups excluding carboxylic acids is 1.